The first kappa shape index (κ1) is 21.4. The molecule has 1 N–H and O–H groups in total. The number of benzene rings is 2. The molecule has 0 spiro atoms. The van der Waals surface area contributed by atoms with Crippen molar-refractivity contribution in [1.82, 2.24) is 0 Å². The minimum Gasteiger partial charge on any atom is -0.457 e. The molecule has 5 heteroatoms. The van der Waals surface area contributed by atoms with Crippen molar-refractivity contribution in [3.63, 3.8) is 0 Å². The second-order valence-corrected chi connectivity index (χ2v) is 6.78. The molecule has 0 aliphatic carbocycles. The summed E-state index contributed by atoms with van der Waals surface area (Å²) in [5.74, 6) is -1.06. The summed E-state index contributed by atoms with van der Waals surface area (Å²) in [6, 6.07) is 16.0. The maximum atomic E-state index is 12.7. The first-order valence-electron chi connectivity index (χ1n) is 9.60. The molecule has 0 heterocycles. The number of hydrogen-bond acceptors (Lipinski definition) is 4. The molecule has 2 atom stereocenters. The van der Waals surface area contributed by atoms with Crippen molar-refractivity contribution in [2.75, 3.05) is 11.9 Å². The highest BCUT2D eigenvalue weighted by Gasteiger charge is 2.27. The molecule has 0 aromatic heterocycles. The summed E-state index contributed by atoms with van der Waals surface area (Å²) in [6.45, 7) is 5.49. The van der Waals surface area contributed by atoms with Crippen LogP contribution < -0.4 is 5.32 Å². The van der Waals surface area contributed by atoms with E-state index < -0.39 is 5.92 Å². The summed E-state index contributed by atoms with van der Waals surface area (Å²) in [5, 5.41) is 2.72. The molecule has 2 aromatic carbocycles. The van der Waals surface area contributed by atoms with Crippen molar-refractivity contribution >= 4 is 23.3 Å². The summed E-state index contributed by atoms with van der Waals surface area (Å²) >= 11 is 0. The largest absolute Gasteiger partial charge is 0.457 e. The van der Waals surface area contributed by atoms with Crippen molar-refractivity contribution in [3.8, 4) is 0 Å². The summed E-state index contributed by atoms with van der Waals surface area (Å²) in [6.07, 6.45) is 1.21. The van der Waals surface area contributed by atoms with Crippen molar-refractivity contribution in [3.05, 3.63) is 65.7 Å². The molecular weight excluding hydrogens is 354 g/mol. The van der Waals surface area contributed by atoms with E-state index in [1.807, 2.05) is 44.2 Å². The van der Waals surface area contributed by atoms with Gasteiger partial charge in [0.1, 0.15) is 0 Å². The first-order valence-corrected chi connectivity index (χ1v) is 9.60. The Hall–Kier alpha value is -2.95. The first-order chi connectivity index (χ1) is 13.5. The number of ether oxygens (including phenoxy) is 1. The maximum absolute atomic E-state index is 12.7. The molecule has 2 aromatic rings. The van der Waals surface area contributed by atoms with Crippen LogP contribution in [0.2, 0.25) is 0 Å². The molecule has 0 aliphatic heterocycles. The topological polar surface area (TPSA) is 72.5 Å². The molecule has 0 unspecified atom stereocenters. The molecular formula is C23H27NO4. The summed E-state index contributed by atoms with van der Waals surface area (Å²) < 4.78 is 5.35. The van der Waals surface area contributed by atoms with Crippen LogP contribution in [0.4, 0.5) is 5.69 Å². The fourth-order valence-electron chi connectivity index (χ4n) is 2.89. The highest BCUT2D eigenvalue weighted by Crippen LogP contribution is 2.28. The van der Waals surface area contributed by atoms with Gasteiger partial charge < -0.3 is 10.1 Å². The van der Waals surface area contributed by atoms with Gasteiger partial charge in [0, 0.05) is 17.7 Å². The average Bonchev–Trinajstić information content (AvgIpc) is 2.73. The van der Waals surface area contributed by atoms with Crippen molar-refractivity contribution in [2.45, 2.75) is 39.5 Å². The predicted molar refractivity (Wildman–Crippen MR) is 109 cm³/mol. The van der Waals surface area contributed by atoms with Crippen molar-refractivity contribution in [1.29, 1.82) is 0 Å². The molecule has 0 bridgehead atoms. The number of carbonyl (C=O) groups excluding carboxylic acids is 3. The van der Waals surface area contributed by atoms with Gasteiger partial charge in [0.05, 0.1) is 5.92 Å². The molecule has 0 radical (unpaired) electrons. The summed E-state index contributed by atoms with van der Waals surface area (Å²) in [4.78, 5) is 36.4. The standard InChI is InChI=1S/C23H27NO4/c1-4-16(3)22(18-9-7-6-8-10-18)23(27)28-15-20(25)17-11-13-19(14-12-17)24-21(26)5-2/h6-14,16,22H,4-5,15H2,1-3H3,(H,24,26)/t16-,22-/m1/s1. The Morgan fingerprint density at radius 2 is 1.61 bits per heavy atom. The van der Waals surface area contributed by atoms with Gasteiger partial charge in [-0.05, 0) is 35.7 Å². The van der Waals surface area contributed by atoms with Gasteiger partial charge in [-0.3, -0.25) is 14.4 Å². The highest BCUT2D eigenvalue weighted by molar-refractivity contribution is 5.99. The van der Waals surface area contributed by atoms with E-state index in [-0.39, 0.29) is 30.2 Å². The number of rotatable bonds is 9. The van der Waals surface area contributed by atoms with E-state index in [9.17, 15) is 14.4 Å². The fraction of sp³-hybridized carbons (Fsp3) is 0.348. The molecule has 28 heavy (non-hydrogen) atoms. The zero-order chi connectivity index (χ0) is 20.5. The Kier molecular flexibility index (Phi) is 7.93. The van der Waals surface area contributed by atoms with E-state index in [4.69, 9.17) is 4.74 Å². The number of esters is 1. The van der Waals surface area contributed by atoms with Gasteiger partial charge in [0.25, 0.3) is 0 Å². The average molecular weight is 381 g/mol. The van der Waals surface area contributed by atoms with Crippen LogP contribution in [0, 0.1) is 5.92 Å². The van der Waals surface area contributed by atoms with Crippen LogP contribution in [0.15, 0.2) is 54.6 Å². The van der Waals surface area contributed by atoms with E-state index in [2.05, 4.69) is 5.32 Å². The third kappa shape index (κ3) is 5.78. The lowest BCUT2D eigenvalue weighted by molar-refractivity contribution is -0.145. The Labute approximate surface area is 166 Å². The predicted octanol–water partition coefficient (Wildman–Crippen LogP) is 4.59. The smallest absolute Gasteiger partial charge is 0.314 e. The number of hydrogen-bond donors (Lipinski definition) is 1. The van der Waals surface area contributed by atoms with E-state index >= 15 is 0 Å². The van der Waals surface area contributed by atoms with Crippen LogP contribution in [-0.2, 0) is 14.3 Å². The second kappa shape index (κ2) is 10.4. The van der Waals surface area contributed by atoms with Gasteiger partial charge in [-0.15, -0.1) is 0 Å². The van der Waals surface area contributed by atoms with Gasteiger partial charge in [-0.25, -0.2) is 0 Å². The molecule has 148 valence electrons. The lowest BCUT2D eigenvalue weighted by atomic mass is 9.85. The Morgan fingerprint density at radius 1 is 0.964 bits per heavy atom. The van der Waals surface area contributed by atoms with Gasteiger partial charge in [-0.2, -0.15) is 0 Å². The Balaban J connectivity index is 2.00. The van der Waals surface area contributed by atoms with Gasteiger partial charge in [0.2, 0.25) is 5.91 Å². The molecule has 2 rings (SSSR count). The number of amides is 1. The number of nitrogens with one attached hydrogen (secondary N) is 1. The molecule has 0 aliphatic rings. The number of anilines is 1. The van der Waals surface area contributed by atoms with E-state index in [1.165, 1.54) is 0 Å². The zero-order valence-electron chi connectivity index (χ0n) is 16.6. The van der Waals surface area contributed by atoms with Crippen LogP contribution in [0.5, 0.6) is 0 Å². The van der Waals surface area contributed by atoms with Crippen LogP contribution in [-0.4, -0.2) is 24.3 Å². The molecule has 0 fully saturated rings. The second-order valence-electron chi connectivity index (χ2n) is 6.78. The van der Waals surface area contributed by atoms with Gasteiger partial charge in [-0.1, -0.05) is 57.5 Å². The van der Waals surface area contributed by atoms with Crippen molar-refractivity contribution in [2.24, 2.45) is 5.92 Å². The number of carbonyl (C=O) groups is 3. The molecule has 5 nitrogen and oxygen atoms in total. The van der Waals surface area contributed by atoms with Gasteiger partial charge in [0.15, 0.2) is 12.4 Å². The normalized spacial score (nSPS) is 12.7. The zero-order valence-corrected chi connectivity index (χ0v) is 16.6. The summed E-state index contributed by atoms with van der Waals surface area (Å²) in [7, 11) is 0. The Morgan fingerprint density at radius 3 is 2.18 bits per heavy atom. The Bertz CT molecular complexity index is 799. The third-order valence-corrected chi connectivity index (χ3v) is 4.78. The number of Topliss-reactive ketones (excluding diaryl/α,β-unsaturated/α-hetero) is 1. The molecule has 0 saturated carbocycles. The van der Waals surface area contributed by atoms with E-state index in [0.29, 0.717) is 17.7 Å². The lowest BCUT2D eigenvalue weighted by Crippen LogP contribution is -2.24. The van der Waals surface area contributed by atoms with Crippen LogP contribution in [0.3, 0.4) is 0 Å². The van der Waals surface area contributed by atoms with Crippen LogP contribution in [0.1, 0.15) is 55.5 Å². The summed E-state index contributed by atoms with van der Waals surface area (Å²) in [5.41, 5.74) is 1.95. The molecule has 0 saturated heterocycles. The quantitative estimate of drug-likeness (QED) is 0.509. The molecule has 1 amide bonds. The van der Waals surface area contributed by atoms with Crippen molar-refractivity contribution < 1.29 is 19.1 Å². The number of ketones is 1. The maximum Gasteiger partial charge on any atom is 0.314 e. The van der Waals surface area contributed by atoms with Crippen LogP contribution in [0.25, 0.3) is 0 Å². The van der Waals surface area contributed by atoms with E-state index in [1.54, 1.807) is 31.2 Å². The SMILES string of the molecule is CCC(=O)Nc1ccc(C(=O)COC(=O)[C@@H](c2ccccc2)[C@H](C)CC)cc1. The monoisotopic (exact) mass is 381 g/mol. The van der Waals surface area contributed by atoms with Gasteiger partial charge >= 0.3 is 5.97 Å². The van der Waals surface area contributed by atoms with Crippen LogP contribution >= 0.6 is 0 Å². The minimum atomic E-state index is -0.398. The lowest BCUT2D eigenvalue weighted by Gasteiger charge is -2.21. The van der Waals surface area contributed by atoms with E-state index in [0.717, 1.165) is 12.0 Å². The third-order valence-electron chi connectivity index (χ3n) is 4.78. The highest BCUT2D eigenvalue weighted by atomic mass is 16.5. The fourth-order valence-corrected chi connectivity index (χ4v) is 2.89. The minimum absolute atomic E-state index is 0.0926.